The Morgan fingerprint density at radius 1 is 1.17 bits per heavy atom. The van der Waals surface area contributed by atoms with Gasteiger partial charge in [0.25, 0.3) is 5.56 Å². The van der Waals surface area contributed by atoms with Gasteiger partial charge in [-0.15, -0.1) is 5.10 Å². The summed E-state index contributed by atoms with van der Waals surface area (Å²) in [5.74, 6) is -2.70. The van der Waals surface area contributed by atoms with Crippen LogP contribution in [0.25, 0.3) is 10.9 Å². The van der Waals surface area contributed by atoms with Crippen molar-refractivity contribution in [2.75, 3.05) is 5.32 Å². The molecule has 0 unspecified atom stereocenters. The van der Waals surface area contributed by atoms with E-state index in [2.05, 4.69) is 15.6 Å². The highest BCUT2D eigenvalue weighted by Gasteiger charge is 2.19. The molecule has 0 spiro atoms. The van der Waals surface area contributed by atoms with E-state index >= 15 is 0 Å². The molecule has 24 heavy (non-hydrogen) atoms. The minimum absolute atomic E-state index is 0.0764. The number of hydrogen-bond donors (Lipinski definition) is 1. The molecule has 1 aromatic heterocycles. The normalized spacial score (nSPS) is 12.1. The second-order valence-electron chi connectivity index (χ2n) is 5.15. The van der Waals surface area contributed by atoms with Crippen LogP contribution in [0, 0.1) is 11.6 Å². The minimum Gasteiger partial charge on any atom is -0.324 e. The number of hydrogen-bond acceptors (Lipinski definition) is 4. The lowest BCUT2D eigenvalue weighted by molar-refractivity contribution is -0.119. The van der Waals surface area contributed by atoms with Gasteiger partial charge in [0.1, 0.15) is 11.6 Å². The fourth-order valence-corrected chi connectivity index (χ4v) is 2.19. The molecule has 3 aromatic rings. The monoisotopic (exact) mass is 330 g/mol. The van der Waals surface area contributed by atoms with E-state index in [0.29, 0.717) is 10.9 Å². The minimum atomic E-state index is -1.08. The Hall–Kier alpha value is -3.16. The molecule has 0 saturated carbocycles. The number of benzene rings is 2. The summed E-state index contributed by atoms with van der Waals surface area (Å²) < 4.78 is 27.0. The van der Waals surface area contributed by atoms with Crippen molar-refractivity contribution in [3.63, 3.8) is 0 Å². The molecule has 1 N–H and O–H groups in total. The molecule has 1 heterocycles. The molecule has 1 atom stereocenters. The van der Waals surface area contributed by atoms with Crippen LogP contribution in [0.5, 0.6) is 0 Å². The zero-order valence-corrected chi connectivity index (χ0v) is 12.5. The van der Waals surface area contributed by atoms with Gasteiger partial charge in [0.15, 0.2) is 11.6 Å². The van der Waals surface area contributed by atoms with Gasteiger partial charge in [-0.05, 0) is 31.2 Å². The maximum Gasteiger partial charge on any atom is 0.278 e. The summed E-state index contributed by atoms with van der Waals surface area (Å²) in [5.41, 5.74) is 0.0352. The van der Waals surface area contributed by atoms with E-state index in [1.165, 1.54) is 13.0 Å². The zero-order valence-electron chi connectivity index (χ0n) is 12.5. The number of amides is 1. The predicted octanol–water partition coefficient (Wildman–Crippen LogP) is 2.27. The lowest BCUT2D eigenvalue weighted by Crippen LogP contribution is -2.34. The van der Waals surface area contributed by atoms with Crippen LogP contribution in [-0.2, 0) is 4.79 Å². The number of anilines is 1. The van der Waals surface area contributed by atoms with Crippen LogP contribution in [0.1, 0.15) is 13.0 Å². The molecule has 0 aliphatic rings. The number of aromatic nitrogens is 3. The molecule has 0 fully saturated rings. The molecule has 0 bridgehead atoms. The smallest absolute Gasteiger partial charge is 0.278 e. The Morgan fingerprint density at radius 3 is 2.67 bits per heavy atom. The summed E-state index contributed by atoms with van der Waals surface area (Å²) in [4.78, 5) is 24.6. The van der Waals surface area contributed by atoms with Gasteiger partial charge in [-0.2, -0.15) is 4.68 Å². The number of carbonyl (C=O) groups is 1. The molecule has 2 aromatic carbocycles. The van der Waals surface area contributed by atoms with Gasteiger partial charge >= 0.3 is 0 Å². The van der Waals surface area contributed by atoms with E-state index < -0.39 is 29.1 Å². The first-order valence-corrected chi connectivity index (χ1v) is 7.07. The van der Waals surface area contributed by atoms with Crippen molar-refractivity contribution < 1.29 is 13.6 Å². The number of rotatable bonds is 3. The van der Waals surface area contributed by atoms with Crippen molar-refractivity contribution >= 4 is 22.5 Å². The summed E-state index contributed by atoms with van der Waals surface area (Å²) >= 11 is 0. The molecule has 6 nitrogen and oxygen atoms in total. The Labute approximate surface area is 134 Å². The highest BCUT2D eigenvalue weighted by atomic mass is 19.2. The number of fused-ring (bicyclic) bond motifs is 1. The highest BCUT2D eigenvalue weighted by molar-refractivity contribution is 5.93. The van der Waals surface area contributed by atoms with Crippen LogP contribution < -0.4 is 10.9 Å². The predicted molar refractivity (Wildman–Crippen MR) is 83.5 cm³/mol. The molecule has 8 heteroatoms. The summed E-state index contributed by atoms with van der Waals surface area (Å²) in [6.45, 7) is 1.46. The zero-order chi connectivity index (χ0) is 17.3. The lowest BCUT2D eigenvalue weighted by atomic mass is 10.2. The Kier molecular flexibility index (Phi) is 4.03. The Bertz CT molecular complexity index is 987. The third-order valence-electron chi connectivity index (χ3n) is 3.52. The van der Waals surface area contributed by atoms with E-state index in [9.17, 15) is 18.4 Å². The van der Waals surface area contributed by atoms with Gasteiger partial charge in [0, 0.05) is 11.8 Å². The first-order valence-electron chi connectivity index (χ1n) is 7.07. The van der Waals surface area contributed by atoms with Gasteiger partial charge < -0.3 is 5.32 Å². The van der Waals surface area contributed by atoms with Crippen molar-refractivity contribution in [3.05, 3.63) is 64.5 Å². The number of nitrogens with zero attached hydrogens (tertiary/aromatic N) is 3. The molecule has 122 valence electrons. The fourth-order valence-electron chi connectivity index (χ4n) is 2.19. The molecule has 0 radical (unpaired) electrons. The molecular weight excluding hydrogens is 318 g/mol. The number of halogens is 2. The molecule has 1 amide bonds. The maximum atomic E-state index is 13.2. The number of carbonyl (C=O) groups excluding carboxylic acids is 1. The SMILES string of the molecule is C[C@@H](C(=O)Nc1ccc(F)c(F)c1)n1nnc2ccccc2c1=O. The quantitative estimate of drug-likeness (QED) is 0.799. The van der Waals surface area contributed by atoms with Crippen LogP contribution in [0.4, 0.5) is 14.5 Å². The summed E-state index contributed by atoms with van der Waals surface area (Å²) in [6, 6.07) is 8.62. The summed E-state index contributed by atoms with van der Waals surface area (Å²) in [7, 11) is 0. The van der Waals surface area contributed by atoms with Crippen LogP contribution >= 0.6 is 0 Å². The third-order valence-corrected chi connectivity index (χ3v) is 3.52. The molecule has 0 aliphatic heterocycles. The van der Waals surface area contributed by atoms with Crippen molar-refractivity contribution in [3.8, 4) is 0 Å². The largest absolute Gasteiger partial charge is 0.324 e. The average molecular weight is 330 g/mol. The van der Waals surface area contributed by atoms with Crippen LogP contribution in [0.15, 0.2) is 47.3 Å². The number of nitrogens with one attached hydrogen (secondary N) is 1. The maximum absolute atomic E-state index is 13.2. The second-order valence-corrected chi connectivity index (χ2v) is 5.15. The van der Waals surface area contributed by atoms with E-state index in [4.69, 9.17) is 0 Å². The molecule has 0 saturated heterocycles. The van der Waals surface area contributed by atoms with Gasteiger partial charge in [0.2, 0.25) is 5.91 Å². The van der Waals surface area contributed by atoms with E-state index in [1.54, 1.807) is 24.3 Å². The fraction of sp³-hybridized carbons (Fsp3) is 0.125. The third kappa shape index (κ3) is 2.85. The van der Waals surface area contributed by atoms with Crippen LogP contribution in [-0.4, -0.2) is 20.9 Å². The highest BCUT2D eigenvalue weighted by Crippen LogP contribution is 2.15. The summed E-state index contributed by atoms with van der Waals surface area (Å²) in [6.07, 6.45) is 0. The first-order chi connectivity index (χ1) is 11.5. The molecule has 3 rings (SSSR count). The van der Waals surface area contributed by atoms with Crippen LogP contribution in [0.2, 0.25) is 0 Å². The Morgan fingerprint density at radius 2 is 1.92 bits per heavy atom. The van der Waals surface area contributed by atoms with Gasteiger partial charge in [-0.1, -0.05) is 17.3 Å². The first kappa shape index (κ1) is 15.7. The van der Waals surface area contributed by atoms with Crippen molar-refractivity contribution in [1.82, 2.24) is 15.0 Å². The lowest BCUT2D eigenvalue weighted by Gasteiger charge is -2.13. The van der Waals surface area contributed by atoms with E-state index in [1.807, 2.05) is 0 Å². The Balaban J connectivity index is 1.89. The van der Waals surface area contributed by atoms with Crippen molar-refractivity contribution in [1.29, 1.82) is 0 Å². The van der Waals surface area contributed by atoms with Gasteiger partial charge in [0.05, 0.1) is 5.39 Å². The molecular formula is C16H12F2N4O2. The van der Waals surface area contributed by atoms with E-state index in [0.717, 1.165) is 16.8 Å². The van der Waals surface area contributed by atoms with Crippen LogP contribution in [0.3, 0.4) is 0 Å². The van der Waals surface area contributed by atoms with Crippen molar-refractivity contribution in [2.24, 2.45) is 0 Å². The second kappa shape index (κ2) is 6.15. The van der Waals surface area contributed by atoms with Crippen molar-refractivity contribution in [2.45, 2.75) is 13.0 Å². The van der Waals surface area contributed by atoms with Gasteiger partial charge in [-0.3, -0.25) is 9.59 Å². The summed E-state index contributed by atoms with van der Waals surface area (Å²) in [5, 5.41) is 10.4. The average Bonchev–Trinajstić information content (AvgIpc) is 2.58. The van der Waals surface area contributed by atoms with Gasteiger partial charge in [-0.25, -0.2) is 8.78 Å². The standard InChI is InChI=1S/C16H12F2N4O2/c1-9(15(23)19-10-6-7-12(17)13(18)8-10)22-16(24)11-4-2-3-5-14(11)20-21-22/h2-9H,1H3,(H,19,23)/t9-/m0/s1. The van der Waals surface area contributed by atoms with E-state index in [-0.39, 0.29) is 5.69 Å². The topological polar surface area (TPSA) is 76.9 Å². The molecule has 0 aliphatic carbocycles.